The predicted octanol–water partition coefficient (Wildman–Crippen LogP) is 5.22. The van der Waals surface area contributed by atoms with Gasteiger partial charge in [0, 0.05) is 16.0 Å². The van der Waals surface area contributed by atoms with Gasteiger partial charge < -0.3 is 14.8 Å². The highest BCUT2D eigenvalue weighted by molar-refractivity contribution is 7.99. The molecule has 0 unspecified atom stereocenters. The molecular formula is C22H15FN4O3S2. The molecule has 32 heavy (non-hydrogen) atoms. The van der Waals surface area contributed by atoms with Crippen molar-refractivity contribution in [2.24, 2.45) is 0 Å². The van der Waals surface area contributed by atoms with Crippen molar-refractivity contribution in [2.75, 3.05) is 11.1 Å². The normalized spacial score (nSPS) is 10.7. The zero-order valence-electron chi connectivity index (χ0n) is 16.6. The quantitative estimate of drug-likeness (QED) is 0.375. The Hall–Kier alpha value is -3.68. The molecule has 0 spiro atoms. The molecule has 0 aliphatic carbocycles. The Morgan fingerprint density at radius 3 is 2.56 bits per heavy atom. The van der Waals surface area contributed by atoms with Gasteiger partial charge in [-0.3, -0.25) is 4.79 Å². The SMILES string of the molecule is Cc1sc(NC(=O)CSc2nnc(-c3ccc(O)cc3)o2)c(C#N)c1-c1ccc(F)cc1. The van der Waals surface area contributed by atoms with E-state index in [0.29, 0.717) is 27.3 Å². The lowest BCUT2D eigenvalue weighted by Crippen LogP contribution is -2.13. The van der Waals surface area contributed by atoms with Crippen LogP contribution in [0.15, 0.2) is 58.2 Å². The van der Waals surface area contributed by atoms with Crippen molar-refractivity contribution >= 4 is 34.0 Å². The molecule has 4 aromatic rings. The number of thiophene rings is 1. The molecule has 0 atom stereocenters. The van der Waals surface area contributed by atoms with Crippen LogP contribution in [0.4, 0.5) is 9.39 Å². The van der Waals surface area contributed by atoms with Gasteiger partial charge in [0.1, 0.15) is 22.6 Å². The average molecular weight is 467 g/mol. The van der Waals surface area contributed by atoms with E-state index >= 15 is 0 Å². The second kappa shape index (κ2) is 9.21. The summed E-state index contributed by atoms with van der Waals surface area (Å²) >= 11 is 2.36. The van der Waals surface area contributed by atoms with E-state index in [-0.39, 0.29) is 34.3 Å². The summed E-state index contributed by atoms with van der Waals surface area (Å²) in [5.41, 5.74) is 2.37. The van der Waals surface area contributed by atoms with Crippen molar-refractivity contribution in [3.8, 4) is 34.4 Å². The minimum absolute atomic E-state index is 0.00487. The van der Waals surface area contributed by atoms with Crippen LogP contribution in [0.3, 0.4) is 0 Å². The van der Waals surface area contributed by atoms with Crippen LogP contribution < -0.4 is 5.32 Å². The number of rotatable bonds is 6. The van der Waals surface area contributed by atoms with Crippen LogP contribution in [0.25, 0.3) is 22.6 Å². The lowest BCUT2D eigenvalue weighted by atomic mass is 10.0. The Morgan fingerprint density at radius 1 is 1.19 bits per heavy atom. The standard InChI is InChI=1S/C22H15FN4O3S2/c1-12-19(13-2-6-15(23)7-3-13)17(10-24)21(32-12)25-18(29)11-31-22-27-26-20(30-22)14-4-8-16(28)9-5-14/h2-9,28H,11H2,1H3,(H,25,29). The number of phenolic OH excluding ortho intramolecular Hbond substituents is 1. The van der Waals surface area contributed by atoms with E-state index in [1.54, 1.807) is 24.3 Å². The highest BCUT2D eigenvalue weighted by Crippen LogP contribution is 2.39. The van der Waals surface area contributed by atoms with Crippen molar-refractivity contribution in [3.63, 3.8) is 0 Å². The smallest absolute Gasteiger partial charge is 0.277 e. The maximum absolute atomic E-state index is 13.3. The summed E-state index contributed by atoms with van der Waals surface area (Å²) < 4.78 is 18.8. The number of carbonyl (C=O) groups excluding carboxylic acids is 1. The third-order valence-electron chi connectivity index (χ3n) is 4.43. The summed E-state index contributed by atoms with van der Waals surface area (Å²) in [6, 6.07) is 14.3. The Labute approximate surface area is 190 Å². The highest BCUT2D eigenvalue weighted by atomic mass is 32.2. The Bertz CT molecular complexity index is 1310. The third-order valence-corrected chi connectivity index (χ3v) is 6.27. The van der Waals surface area contributed by atoms with Crippen molar-refractivity contribution in [1.82, 2.24) is 10.2 Å². The maximum atomic E-state index is 13.3. The van der Waals surface area contributed by atoms with Crippen molar-refractivity contribution in [1.29, 1.82) is 5.26 Å². The van der Waals surface area contributed by atoms with Gasteiger partial charge in [-0.05, 0) is 48.9 Å². The molecule has 2 aromatic carbocycles. The maximum Gasteiger partial charge on any atom is 0.277 e. The number of nitrogens with one attached hydrogen (secondary N) is 1. The second-order valence-electron chi connectivity index (χ2n) is 6.61. The molecule has 2 N–H and O–H groups in total. The largest absolute Gasteiger partial charge is 0.508 e. The Balaban J connectivity index is 1.44. The molecule has 2 aromatic heterocycles. The number of nitriles is 1. The van der Waals surface area contributed by atoms with Gasteiger partial charge in [-0.1, -0.05) is 23.9 Å². The van der Waals surface area contributed by atoms with Crippen LogP contribution in [-0.2, 0) is 4.79 Å². The van der Waals surface area contributed by atoms with Gasteiger partial charge in [-0.15, -0.1) is 21.5 Å². The number of carbonyl (C=O) groups is 1. The minimum Gasteiger partial charge on any atom is -0.508 e. The summed E-state index contributed by atoms with van der Waals surface area (Å²) in [5, 5.41) is 30.3. The van der Waals surface area contributed by atoms with Crippen LogP contribution in [0.2, 0.25) is 0 Å². The van der Waals surface area contributed by atoms with Gasteiger partial charge in [-0.2, -0.15) is 5.26 Å². The number of hydrogen-bond acceptors (Lipinski definition) is 8. The first-order chi connectivity index (χ1) is 15.4. The molecular weight excluding hydrogens is 451 g/mol. The number of amides is 1. The van der Waals surface area contributed by atoms with Gasteiger partial charge in [-0.25, -0.2) is 4.39 Å². The van der Waals surface area contributed by atoms with Crippen LogP contribution in [0, 0.1) is 24.1 Å². The molecule has 0 aliphatic heterocycles. The van der Waals surface area contributed by atoms with Gasteiger partial charge in [0.15, 0.2) is 0 Å². The molecule has 0 radical (unpaired) electrons. The molecule has 7 nitrogen and oxygen atoms in total. The molecule has 160 valence electrons. The first kappa shape index (κ1) is 21.5. The highest BCUT2D eigenvalue weighted by Gasteiger charge is 2.19. The predicted molar refractivity (Wildman–Crippen MR) is 120 cm³/mol. The van der Waals surface area contributed by atoms with Gasteiger partial charge >= 0.3 is 0 Å². The molecule has 0 fully saturated rings. The summed E-state index contributed by atoms with van der Waals surface area (Å²) in [4.78, 5) is 13.3. The summed E-state index contributed by atoms with van der Waals surface area (Å²) in [6.45, 7) is 1.85. The van der Waals surface area contributed by atoms with E-state index in [9.17, 15) is 19.6 Å². The molecule has 2 heterocycles. The molecule has 0 bridgehead atoms. The van der Waals surface area contributed by atoms with Crippen molar-refractivity contribution in [3.05, 3.63) is 64.8 Å². The number of nitrogens with zero attached hydrogens (tertiary/aromatic N) is 3. The van der Waals surface area contributed by atoms with E-state index < -0.39 is 0 Å². The van der Waals surface area contributed by atoms with Gasteiger partial charge in [0.05, 0.1) is 11.3 Å². The number of aromatic nitrogens is 2. The molecule has 0 saturated carbocycles. The zero-order chi connectivity index (χ0) is 22.7. The number of phenols is 1. The average Bonchev–Trinajstić information content (AvgIpc) is 3.37. The topological polar surface area (TPSA) is 112 Å². The number of aryl methyl sites for hydroxylation is 1. The fourth-order valence-corrected chi connectivity index (χ4v) is 4.59. The number of hydrogen-bond donors (Lipinski definition) is 2. The lowest BCUT2D eigenvalue weighted by Gasteiger charge is -2.03. The van der Waals surface area contributed by atoms with Gasteiger partial charge in [0.25, 0.3) is 5.22 Å². The molecule has 10 heteroatoms. The fraction of sp³-hybridized carbons (Fsp3) is 0.0909. The van der Waals surface area contributed by atoms with Crippen molar-refractivity contribution in [2.45, 2.75) is 12.1 Å². The Morgan fingerprint density at radius 2 is 1.88 bits per heavy atom. The van der Waals surface area contributed by atoms with Crippen LogP contribution in [0.1, 0.15) is 10.4 Å². The summed E-state index contributed by atoms with van der Waals surface area (Å²) in [5.74, 6) is -0.284. The fourth-order valence-electron chi connectivity index (χ4n) is 2.98. The number of benzene rings is 2. The molecule has 0 saturated heterocycles. The Kier molecular flexibility index (Phi) is 6.20. The van der Waals surface area contributed by atoms with Gasteiger partial charge in [0.2, 0.25) is 11.8 Å². The lowest BCUT2D eigenvalue weighted by molar-refractivity contribution is -0.113. The zero-order valence-corrected chi connectivity index (χ0v) is 18.3. The molecule has 4 rings (SSSR count). The summed E-state index contributed by atoms with van der Waals surface area (Å²) in [6.07, 6.45) is 0. The molecule has 0 aliphatic rings. The van der Waals surface area contributed by atoms with E-state index in [1.165, 1.54) is 35.6 Å². The van der Waals surface area contributed by atoms with Crippen LogP contribution in [0.5, 0.6) is 5.75 Å². The monoisotopic (exact) mass is 466 g/mol. The van der Waals surface area contributed by atoms with E-state index in [4.69, 9.17) is 4.42 Å². The van der Waals surface area contributed by atoms with E-state index in [0.717, 1.165) is 16.6 Å². The van der Waals surface area contributed by atoms with E-state index in [2.05, 4.69) is 21.6 Å². The summed E-state index contributed by atoms with van der Waals surface area (Å²) in [7, 11) is 0. The first-order valence-corrected chi connectivity index (χ1v) is 11.1. The minimum atomic E-state index is -0.361. The second-order valence-corrected chi connectivity index (χ2v) is 8.76. The number of aromatic hydroxyl groups is 1. The van der Waals surface area contributed by atoms with Crippen molar-refractivity contribution < 1.29 is 18.7 Å². The third kappa shape index (κ3) is 4.64. The van der Waals surface area contributed by atoms with Crippen LogP contribution >= 0.6 is 23.1 Å². The number of halogens is 1. The van der Waals surface area contributed by atoms with E-state index in [1.807, 2.05) is 6.92 Å². The molecule has 1 amide bonds. The number of thioether (sulfide) groups is 1. The number of anilines is 1. The first-order valence-electron chi connectivity index (χ1n) is 9.29. The van der Waals surface area contributed by atoms with Crippen LogP contribution in [-0.4, -0.2) is 27.0 Å².